The number of hydrogen-bond donors (Lipinski definition) is 0. The summed E-state index contributed by atoms with van der Waals surface area (Å²) in [5.41, 5.74) is -1.25. The molecule has 1 aliphatic heterocycles. The van der Waals surface area contributed by atoms with Gasteiger partial charge in [0, 0.05) is 24.9 Å². The van der Waals surface area contributed by atoms with Gasteiger partial charge in [0.15, 0.2) is 0 Å². The second-order valence-corrected chi connectivity index (χ2v) is 8.83. The number of rotatable bonds is 0. The Kier molecular flexibility index (Phi) is 4.26. The van der Waals surface area contributed by atoms with E-state index in [1.54, 1.807) is 4.90 Å². The van der Waals surface area contributed by atoms with Crippen LogP contribution in [0.1, 0.15) is 54.4 Å². The van der Waals surface area contributed by atoms with Crippen molar-refractivity contribution in [1.29, 1.82) is 0 Å². The quantitative estimate of drug-likeness (QED) is 0.642. The monoisotopic (exact) mass is 320 g/mol. The van der Waals surface area contributed by atoms with Gasteiger partial charge in [-0.05, 0) is 38.5 Å². The average Bonchev–Trinajstić information content (AvgIpc) is 2.40. The highest BCUT2D eigenvalue weighted by molar-refractivity contribution is 5.92. The molecule has 1 unspecified atom stereocenters. The lowest BCUT2D eigenvalue weighted by molar-refractivity contribution is -0.145. The van der Waals surface area contributed by atoms with Gasteiger partial charge in [0.1, 0.15) is 5.60 Å². The molecule has 0 aromatic heterocycles. The smallest absolute Gasteiger partial charge is 0.410 e. The number of carbonyl (C=O) groups excluding carboxylic acids is 2. The minimum absolute atomic E-state index is 0.0562. The molecule has 0 bridgehead atoms. The van der Waals surface area contributed by atoms with Gasteiger partial charge in [-0.15, -0.1) is 0 Å². The molecule has 2 rings (SSSR count). The number of Topliss-reactive ketones (excluding diaryl/α,β-unsaturated/α-hetero) is 1. The number of fused-ring (bicyclic) bond motifs is 1. The lowest BCUT2D eigenvalue weighted by Crippen LogP contribution is -2.61. The Morgan fingerprint density at radius 3 is 2.48 bits per heavy atom. The Labute approximate surface area is 139 Å². The second-order valence-electron chi connectivity index (χ2n) is 8.83. The van der Waals surface area contributed by atoms with Crippen molar-refractivity contribution in [2.75, 3.05) is 13.1 Å². The van der Waals surface area contributed by atoms with E-state index in [1.165, 1.54) is 0 Å². The van der Waals surface area contributed by atoms with Crippen LogP contribution in [0, 0.1) is 23.3 Å². The molecule has 0 radical (unpaired) electrons. The minimum atomic E-state index is -0.593. The molecule has 5 nitrogen and oxygen atoms in total. The van der Waals surface area contributed by atoms with Gasteiger partial charge in [-0.3, -0.25) is 4.79 Å². The van der Waals surface area contributed by atoms with Crippen molar-refractivity contribution in [2.45, 2.75) is 66.0 Å². The van der Waals surface area contributed by atoms with Crippen LogP contribution in [0.5, 0.6) is 0 Å². The van der Waals surface area contributed by atoms with Gasteiger partial charge in [-0.25, -0.2) is 11.4 Å². The third kappa shape index (κ3) is 3.22. The first kappa shape index (κ1) is 17.8. The Morgan fingerprint density at radius 2 is 1.96 bits per heavy atom. The third-order valence-corrected chi connectivity index (χ3v) is 5.36. The lowest BCUT2D eigenvalue weighted by Gasteiger charge is -2.54. The van der Waals surface area contributed by atoms with Crippen LogP contribution in [0.2, 0.25) is 0 Å². The molecule has 0 aromatic rings. The summed E-state index contributed by atoms with van der Waals surface area (Å²) >= 11 is 0. The van der Waals surface area contributed by atoms with Gasteiger partial charge in [0.2, 0.25) is 5.78 Å². The number of nitrogens with zero attached hydrogens (tertiary/aromatic N) is 2. The van der Waals surface area contributed by atoms with Gasteiger partial charge in [-0.2, -0.15) is 0 Å². The van der Waals surface area contributed by atoms with E-state index in [2.05, 4.69) is 11.8 Å². The van der Waals surface area contributed by atoms with Crippen molar-refractivity contribution in [3.05, 3.63) is 11.4 Å². The molecule has 23 heavy (non-hydrogen) atoms. The number of ketones is 1. The van der Waals surface area contributed by atoms with Crippen molar-refractivity contribution in [3.63, 3.8) is 0 Å². The highest BCUT2D eigenvalue weighted by atomic mass is 16.6. The SMILES string of the molecule is [C-]#[N+]C1C[C@@]2(C)CN(C(=O)OC(C)(C)C)CC[C@@H]2C(C)(C)C1=O. The van der Waals surface area contributed by atoms with Crippen molar-refractivity contribution in [1.82, 2.24) is 4.90 Å². The van der Waals surface area contributed by atoms with Crippen molar-refractivity contribution < 1.29 is 14.3 Å². The maximum atomic E-state index is 12.6. The van der Waals surface area contributed by atoms with Crippen LogP contribution in [-0.4, -0.2) is 41.5 Å². The van der Waals surface area contributed by atoms with E-state index in [0.29, 0.717) is 19.5 Å². The predicted molar refractivity (Wildman–Crippen MR) is 87.8 cm³/mol. The molecule has 0 N–H and O–H groups in total. The summed E-state index contributed by atoms with van der Waals surface area (Å²) < 4.78 is 5.49. The molecule has 3 atom stereocenters. The van der Waals surface area contributed by atoms with Crippen LogP contribution in [0.25, 0.3) is 4.85 Å². The van der Waals surface area contributed by atoms with Gasteiger partial charge >= 0.3 is 6.09 Å². The van der Waals surface area contributed by atoms with Gasteiger partial charge in [-0.1, -0.05) is 20.8 Å². The van der Waals surface area contributed by atoms with Gasteiger partial charge < -0.3 is 14.5 Å². The first-order valence-corrected chi connectivity index (χ1v) is 8.29. The number of hydrogen-bond acceptors (Lipinski definition) is 3. The highest BCUT2D eigenvalue weighted by Crippen LogP contribution is 2.53. The van der Waals surface area contributed by atoms with Crippen LogP contribution < -0.4 is 0 Å². The average molecular weight is 320 g/mol. The molecule has 0 aromatic carbocycles. The van der Waals surface area contributed by atoms with E-state index in [4.69, 9.17) is 11.3 Å². The molecule has 5 heteroatoms. The minimum Gasteiger partial charge on any atom is -0.444 e. The molecular formula is C18H28N2O3. The molecule has 128 valence electrons. The summed E-state index contributed by atoms with van der Waals surface area (Å²) in [6.45, 7) is 20.1. The fourth-order valence-corrected chi connectivity index (χ4v) is 4.42. The molecule has 2 aliphatic rings. The maximum absolute atomic E-state index is 12.6. The van der Waals surface area contributed by atoms with Crippen LogP contribution in [-0.2, 0) is 9.53 Å². The fourth-order valence-electron chi connectivity index (χ4n) is 4.42. The van der Waals surface area contributed by atoms with E-state index in [-0.39, 0.29) is 23.2 Å². The van der Waals surface area contributed by atoms with Gasteiger partial charge in [0.05, 0.1) is 0 Å². The van der Waals surface area contributed by atoms with E-state index in [1.807, 2.05) is 34.6 Å². The zero-order chi connectivity index (χ0) is 17.6. The first-order valence-electron chi connectivity index (χ1n) is 8.29. The summed E-state index contributed by atoms with van der Waals surface area (Å²) in [6.07, 6.45) is 1.01. The highest BCUT2D eigenvalue weighted by Gasteiger charge is 2.59. The number of piperidine rings is 1. The number of amides is 1. The Bertz CT molecular complexity index is 556. The zero-order valence-electron chi connectivity index (χ0n) is 15.1. The summed E-state index contributed by atoms with van der Waals surface area (Å²) in [5.74, 6) is 0.250. The van der Waals surface area contributed by atoms with E-state index < -0.39 is 17.1 Å². The standard InChI is InChI=1S/C18H28N2O3/c1-16(2,3)23-15(22)20-9-8-13-17(4,5)14(21)12(19-7)10-18(13,6)11-20/h12-13H,8-11H2,1-6H3/t12?,13-,18+/m1/s1. The Hall–Kier alpha value is -1.57. The molecule has 1 heterocycles. The summed E-state index contributed by atoms with van der Waals surface area (Å²) in [4.78, 5) is 30.2. The molecule has 2 fully saturated rings. The van der Waals surface area contributed by atoms with Crippen LogP contribution in [0.15, 0.2) is 0 Å². The van der Waals surface area contributed by atoms with E-state index >= 15 is 0 Å². The van der Waals surface area contributed by atoms with Crippen LogP contribution in [0.4, 0.5) is 4.79 Å². The first-order chi connectivity index (χ1) is 10.4. The maximum Gasteiger partial charge on any atom is 0.410 e. The zero-order valence-corrected chi connectivity index (χ0v) is 15.1. The summed E-state index contributed by atoms with van der Waals surface area (Å²) in [6, 6.07) is -0.593. The van der Waals surface area contributed by atoms with Crippen LogP contribution in [0.3, 0.4) is 0 Å². The largest absolute Gasteiger partial charge is 0.444 e. The summed E-state index contributed by atoms with van der Waals surface area (Å²) in [7, 11) is 0. The molecule has 1 saturated heterocycles. The van der Waals surface area contributed by atoms with E-state index in [0.717, 1.165) is 6.42 Å². The molecule has 1 aliphatic carbocycles. The number of likely N-dealkylation sites (tertiary alicyclic amines) is 1. The molecule has 0 spiro atoms. The summed E-state index contributed by atoms with van der Waals surface area (Å²) in [5, 5.41) is 0. The van der Waals surface area contributed by atoms with Gasteiger partial charge in [0.25, 0.3) is 6.04 Å². The molecule has 1 amide bonds. The Morgan fingerprint density at radius 1 is 1.35 bits per heavy atom. The third-order valence-electron chi connectivity index (χ3n) is 5.36. The Balaban J connectivity index is 2.23. The predicted octanol–water partition coefficient (Wildman–Crippen LogP) is 3.54. The molecule has 1 saturated carbocycles. The lowest BCUT2D eigenvalue weighted by atomic mass is 9.52. The molecular weight excluding hydrogens is 292 g/mol. The topological polar surface area (TPSA) is 51.0 Å². The van der Waals surface area contributed by atoms with Crippen molar-refractivity contribution >= 4 is 11.9 Å². The fraction of sp³-hybridized carbons (Fsp3) is 0.833. The normalized spacial score (nSPS) is 33.6. The van der Waals surface area contributed by atoms with Crippen molar-refractivity contribution in [3.8, 4) is 0 Å². The van der Waals surface area contributed by atoms with E-state index in [9.17, 15) is 9.59 Å². The van der Waals surface area contributed by atoms with Crippen LogP contribution >= 0.6 is 0 Å². The number of carbonyl (C=O) groups is 2. The number of ether oxygens (including phenoxy) is 1. The second kappa shape index (κ2) is 5.51. The van der Waals surface area contributed by atoms with Crippen molar-refractivity contribution in [2.24, 2.45) is 16.7 Å².